The molecule has 1 aliphatic rings. The molecule has 9 nitrogen and oxygen atoms in total. The second-order valence-electron chi connectivity index (χ2n) is 4.81. The fourth-order valence-corrected chi connectivity index (χ4v) is 2.13. The van der Waals surface area contributed by atoms with Crippen molar-refractivity contribution >= 4 is 11.9 Å². The van der Waals surface area contributed by atoms with Gasteiger partial charge in [-0.25, -0.2) is 10.1 Å². The number of rotatable bonds is 7. The Morgan fingerprint density at radius 3 is 2.65 bits per heavy atom. The molecular weight excluding hydrogens is 264 g/mol. The van der Waals surface area contributed by atoms with E-state index < -0.39 is 11.1 Å². The first-order valence-corrected chi connectivity index (χ1v) is 6.78. The molecule has 0 radical (unpaired) electrons. The minimum atomic E-state index is -0.792. The molecule has 0 unspecified atom stereocenters. The van der Waals surface area contributed by atoms with E-state index in [4.69, 9.17) is 11.1 Å². The molecule has 0 bridgehead atoms. The van der Waals surface area contributed by atoms with Crippen LogP contribution < -0.4 is 16.5 Å². The molecule has 9 heteroatoms. The smallest absolute Gasteiger partial charge is 0.251 e. The van der Waals surface area contributed by atoms with E-state index in [1.807, 2.05) is 0 Å². The van der Waals surface area contributed by atoms with Crippen molar-refractivity contribution in [3.63, 3.8) is 0 Å². The van der Waals surface area contributed by atoms with Crippen LogP contribution in [0.2, 0.25) is 0 Å². The maximum atomic E-state index is 11.9. The van der Waals surface area contributed by atoms with Crippen LogP contribution >= 0.6 is 0 Å². The van der Waals surface area contributed by atoms with Crippen LogP contribution in [0.3, 0.4) is 0 Å². The van der Waals surface area contributed by atoms with Crippen molar-refractivity contribution < 1.29 is 9.83 Å². The van der Waals surface area contributed by atoms with Crippen molar-refractivity contribution in [3.05, 3.63) is 10.1 Å². The van der Waals surface area contributed by atoms with Gasteiger partial charge in [0.1, 0.15) is 0 Å². The predicted molar refractivity (Wildman–Crippen MR) is 73.5 cm³/mol. The summed E-state index contributed by atoms with van der Waals surface area (Å²) in [5.74, 6) is -0.328. The van der Waals surface area contributed by atoms with E-state index in [-0.39, 0.29) is 11.9 Å². The Kier molecular flexibility index (Phi) is 6.71. The van der Waals surface area contributed by atoms with E-state index in [1.165, 1.54) is 0 Å². The summed E-state index contributed by atoms with van der Waals surface area (Å²) < 4.78 is 0. The Labute approximate surface area is 117 Å². The molecule has 1 aliphatic heterocycles. The molecule has 1 amide bonds. The maximum Gasteiger partial charge on any atom is 0.251 e. The quantitative estimate of drug-likeness (QED) is 0.162. The number of nitrogens with one attached hydrogen (secondary N) is 3. The molecule has 0 aromatic heterocycles. The lowest BCUT2D eigenvalue weighted by molar-refractivity contribution is -0.525. The number of amides is 1. The topological polar surface area (TPSA) is 137 Å². The summed E-state index contributed by atoms with van der Waals surface area (Å²) in [7, 11) is 0. The Hall–Kier alpha value is -1.90. The first-order chi connectivity index (χ1) is 9.50. The number of guanidine groups is 1. The number of likely N-dealkylation sites (tertiary alicyclic amines) is 1. The molecule has 5 N–H and O–H groups in total. The monoisotopic (exact) mass is 286 g/mol. The van der Waals surface area contributed by atoms with Crippen LogP contribution in [-0.4, -0.2) is 47.5 Å². The molecule has 1 heterocycles. The van der Waals surface area contributed by atoms with Gasteiger partial charge in [-0.2, -0.15) is 0 Å². The maximum absolute atomic E-state index is 11.9. The number of unbranched alkanes of at least 4 members (excludes halogenated alkanes) is 1. The minimum Gasteiger partial charge on any atom is -0.352 e. The highest BCUT2D eigenvalue weighted by molar-refractivity contribution is 5.81. The van der Waals surface area contributed by atoms with Gasteiger partial charge >= 0.3 is 0 Å². The summed E-state index contributed by atoms with van der Waals surface area (Å²) in [6.45, 7) is 2.04. The third-order valence-electron chi connectivity index (χ3n) is 3.18. The zero-order valence-corrected chi connectivity index (χ0v) is 11.4. The van der Waals surface area contributed by atoms with Crippen molar-refractivity contribution in [3.8, 4) is 0 Å². The van der Waals surface area contributed by atoms with Crippen LogP contribution in [0.4, 0.5) is 0 Å². The van der Waals surface area contributed by atoms with Crippen molar-refractivity contribution in [2.45, 2.75) is 38.1 Å². The van der Waals surface area contributed by atoms with Gasteiger partial charge in [0.05, 0.1) is 6.04 Å². The summed E-state index contributed by atoms with van der Waals surface area (Å²) >= 11 is 0. The number of nitrogens with two attached hydrogens (primary N) is 1. The van der Waals surface area contributed by atoms with Crippen LogP contribution in [0, 0.1) is 15.5 Å². The Morgan fingerprint density at radius 2 is 2.05 bits per heavy atom. The normalized spacial score (nSPS) is 15.8. The summed E-state index contributed by atoms with van der Waals surface area (Å²) in [6.07, 6.45) is 4.12. The van der Waals surface area contributed by atoms with Gasteiger partial charge in [0.25, 0.3) is 5.96 Å². The highest BCUT2D eigenvalue weighted by Crippen LogP contribution is 2.10. The molecular formula is C11H22N6O3. The number of nitrogens with zero attached hydrogens (tertiary/aromatic N) is 2. The molecule has 0 spiro atoms. The standard InChI is InChI=1S/C11H22N6O3/c12-9(10(18)16-7-3-4-8-16)5-1-2-6-14-11(13)15-17(19)20/h9H,1-8,12H2,(H3,13,14,15)/t9-/m0/s1. The van der Waals surface area contributed by atoms with Gasteiger partial charge in [0, 0.05) is 19.6 Å². The number of hydrazine groups is 1. The number of carbonyl (C=O) groups is 1. The SMILES string of the molecule is N=C(NCCCC[C@H](N)C(=O)N1CCCC1)N[N+](=O)[O-]. The van der Waals surface area contributed by atoms with Crippen LogP contribution in [0.15, 0.2) is 0 Å². The second-order valence-corrected chi connectivity index (χ2v) is 4.81. The van der Waals surface area contributed by atoms with E-state index in [2.05, 4.69) is 5.32 Å². The van der Waals surface area contributed by atoms with Gasteiger partial charge in [0.15, 0.2) is 5.03 Å². The van der Waals surface area contributed by atoms with Gasteiger partial charge in [0.2, 0.25) is 5.91 Å². The fourth-order valence-electron chi connectivity index (χ4n) is 2.13. The van der Waals surface area contributed by atoms with Crippen molar-refractivity contribution in [2.75, 3.05) is 19.6 Å². The first kappa shape index (κ1) is 16.2. The fraction of sp³-hybridized carbons (Fsp3) is 0.818. The van der Waals surface area contributed by atoms with Gasteiger partial charge in [-0.15, -0.1) is 0 Å². The molecule has 114 valence electrons. The molecule has 0 aliphatic carbocycles. The van der Waals surface area contributed by atoms with Gasteiger partial charge in [-0.3, -0.25) is 10.2 Å². The molecule has 1 atom stereocenters. The third kappa shape index (κ3) is 5.83. The van der Waals surface area contributed by atoms with E-state index >= 15 is 0 Å². The average Bonchev–Trinajstić information content (AvgIpc) is 2.90. The summed E-state index contributed by atoms with van der Waals surface area (Å²) in [5.41, 5.74) is 7.56. The molecule has 1 rings (SSSR count). The van der Waals surface area contributed by atoms with Gasteiger partial charge in [-0.1, -0.05) is 5.43 Å². The molecule has 0 aromatic carbocycles. The van der Waals surface area contributed by atoms with E-state index in [0.717, 1.165) is 32.4 Å². The van der Waals surface area contributed by atoms with Crippen molar-refractivity contribution in [2.24, 2.45) is 5.73 Å². The molecule has 20 heavy (non-hydrogen) atoms. The summed E-state index contributed by atoms with van der Waals surface area (Å²) in [4.78, 5) is 23.8. The lowest BCUT2D eigenvalue weighted by Crippen LogP contribution is -2.42. The zero-order chi connectivity index (χ0) is 15.0. The summed E-state index contributed by atoms with van der Waals surface area (Å²) in [6, 6.07) is -0.468. The highest BCUT2D eigenvalue weighted by atomic mass is 16.7. The van der Waals surface area contributed by atoms with E-state index in [9.17, 15) is 14.9 Å². The summed E-state index contributed by atoms with van der Waals surface area (Å²) in [5, 5.41) is 19.0. The minimum absolute atomic E-state index is 0.0122. The Bertz CT molecular complexity index is 356. The first-order valence-electron chi connectivity index (χ1n) is 6.78. The average molecular weight is 286 g/mol. The lowest BCUT2D eigenvalue weighted by atomic mass is 10.1. The zero-order valence-electron chi connectivity index (χ0n) is 11.4. The van der Waals surface area contributed by atoms with Gasteiger partial charge in [-0.05, 0) is 32.1 Å². The van der Waals surface area contributed by atoms with E-state index in [1.54, 1.807) is 10.3 Å². The lowest BCUT2D eigenvalue weighted by Gasteiger charge is -2.20. The van der Waals surface area contributed by atoms with Crippen molar-refractivity contribution in [1.82, 2.24) is 15.6 Å². The molecule has 0 aromatic rings. The van der Waals surface area contributed by atoms with Crippen LogP contribution in [0.25, 0.3) is 0 Å². The molecule has 1 saturated heterocycles. The van der Waals surface area contributed by atoms with Crippen molar-refractivity contribution in [1.29, 1.82) is 5.41 Å². The second kappa shape index (κ2) is 8.31. The van der Waals surface area contributed by atoms with Crippen LogP contribution in [0.5, 0.6) is 0 Å². The largest absolute Gasteiger partial charge is 0.352 e. The third-order valence-corrected chi connectivity index (χ3v) is 3.18. The molecule has 1 fully saturated rings. The van der Waals surface area contributed by atoms with Crippen LogP contribution in [0.1, 0.15) is 32.1 Å². The number of nitro groups is 1. The number of hydrogen-bond acceptors (Lipinski definition) is 5. The molecule has 0 saturated carbocycles. The predicted octanol–water partition coefficient (Wildman–Crippen LogP) is -0.588. The van der Waals surface area contributed by atoms with Gasteiger partial charge < -0.3 is 16.0 Å². The Balaban J connectivity index is 2.07. The van der Waals surface area contributed by atoms with E-state index in [0.29, 0.717) is 19.4 Å². The number of hydrogen-bond donors (Lipinski definition) is 4. The Morgan fingerprint density at radius 1 is 1.40 bits per heavy atom. The highest BCUT2D eigenvalue weighted by Gasteiger charge is 2.22. The number of carbonyl (C=O) groups excluding carboxylic acids is 1. The van der Waals surface area contributed by atoms with Crippen LogP contribution in [-0.2, 0) is 4.79 Å².